The molecule has 0 saturated carbocycles. The Balaban J connectivity index is 0.00000484. The van der Waals surface area contributed by atoms with Crippen LogP contribution in [0.4, 0.5) is 11.4 Å². The van der Waals surface area contributed by atoms with Crippen molar-refractivity contribution in [3.63, 3.8) is 0 Å². The summed E-state index contributed by atoms with van der Waals surface area (Å²) in [6, 6.07) is 14.1. The number of halogens is 1. The summed E-state index contributed by atoms with van der Waals surface area (Å²) >= 11 is 0. The van der Waals surface area contributed by atoms with Gasteiger partial charge in [0.1, 0.15) is 6.54 Å². The zero-order valence-electron chi connectivity index (χ0n) is 27.4. The second-order valence-corrected chi connectivity index (χ2v) is 12.0. The third-order valence-electron chi connectivity index (χ3n) is 9.74. The van der Waals surface area contributed by atoms with Gasteiger partial charge in [0.05, 0.1) is 5.41 Å². The van der Waals surface area contributed by atoms with Crippen molar-refractivity contribution >= 4 is 17.1 Å². The Morgan fingerprint density at radius 3 is 1.90 bits per heavy atom. The lowest BCUT2D eigenvalue weighted by Gasteiger charge is -2.32. The zero-order chi connectivity index (χ0) is 29.6. The summed E-state index contributed by atoms with van der Waals surface area (Å²) in [5.41, 5.74) is 11.6. The average molecular weight is 630 g/mol. The van der Waals surface area contributed by atoms with Gasteiger partial charge in [-0.25, -0.2) is 0 Å². The van der Waals surface area contributed by atoms with Gasteiger partial charge in [-0.05, 0) is 69.7 Å². The standard InChI is InChI=1S/C39H53N2.BrH/c1-9-26-40-34-24-22-30(7)28-32(34)38(11-3,12-4)36(40)20-18-16-15-17-19-21-37-39(13-5,14-6)33-29-31(8)23-25-35(33)41(37)27-10-2;/h15-25,28-29H,9-14,26-27H2,1-8H3;1H/q+1;/p-1. The van der Waals surface area contributed by atoms with Crippen molar-refractivity contribution in [3.05, 3.63) is 107 Å². The summed E-state index contributed by atoms with van der Waals surface area (Å²) in [7, 11) is 0. The second kappa shape index (κ2) is 14.7. The lowest BCUT2D eigenvalue weighted by Crippen LogP contribution is -3.00. The van der Waals surface area contributed by atoms with E-state index >= 15 is 0 Å². The van der Waals surface area contributed by atoms with E-state index in [9.17, 15) is 0 Å². The number of anilines is 1. The van der Waals surface area contributed by atoms with Crippen LogP contribution in [0.15, 0.2) is 84.6 Å². The fraction of sp³-hybridized carbons (Fsp3) is 0.462. The fourth-order valence-corrected chi connectivity index (χ4v) is 7.49. The summed E-state index contributed by atoms with van der Waals surface area (Å²) in [6.07, 6.45) is 22.5. The Kier molecular flexibility index (Phi) is 11.8. The maximum atomic E-state index is 2.57. The molecular formula is C39H53BrN2. The van der Waals surface area contributed by atoms with Crippen molar-refractivity contribution in [1.82, 2.24) is 0 Å². The molecule has 226 valence electrons. The molecule has 2 heterocycles. The minimum atomic E-state index is 0. The molecule has 0 N–H and O–H groups in total. The number of nitrogens with zero attached hydrogens (tertiary/aromatic N) is 2. The van der Waals surface area contributed by atoms with Gasteiger partial charge in [-0.3, -0.25) is 0 Å². The van der Waals surface area contributed by atoms with E-state index in [-0.39, 0.29) is 27.8 Å². The molecule has 0 saturated heterocycles. The van der Waals surface area contributed by atoms with E-state index < -0.39 is 0 Å². The van der Waals surface area contributed by atoms with Crippen LogP contribution in [0.1, 0.15) is 102 Å². The predicted molar refractivity (Wildman–Crippen MR) is 180 cm³/mol. The highest BCUT2D eigenvalue weighted by Gasteiger charge is 2.48. The SMILES string of the molecule is CCCN1\C(=C/C=C/C=C/C=C/C2=[N+](CCC)c3ccc(C)cc3C2(CC)CC)C(CC)(CC)c2cc(C)ccc21.[Br-]. The van der Waals surface area contributed by atoms with Gasteiger partial charge < -0.3 is 21.9 Å². The monoisotopic (exact) mass is 628 g/mol. The van der Waals surface area contributed by atoms with E-state index in [0.717, 1.165) is 51.6 Å². The van der Waals surface area contributed by atoms with E-state index in [0.29, 0.717) is 0 Å². The summed E-state index contributed by atoms with van der Waals surface area (Å²) in [5, 5.41) is 0. The van der Waals surface area contributed by atoms with Gasteiger partial charge >= 0.3 is 0 Å². The quantitative estimate of drug-likeness (QED) is 0.175. The van der Waals surface area contributed by atoms with Crippen LogP contribution < -0.4 is 21.9 Å². The smallest absolute Gasteiger partial charge is 0.209 e. The Labute approximate surface area is 267 Å². The third-order valence-corrected chi connectivity index (χ3v) is 9.74. The highest BCUT2D eigenvalue weighted by Crippen LogP contribution is 2.52. The molecule has 2 aromatic rings. The van der Waals surface area contributed by atoms with E-state index in [1.165, 1.54) is 45.0 Å². The Hall–Kier alpha value is -2.65. The third kappa shape index (κ3) is 5.91. The molecule has 0 atom stereocenters. The molecule has 0 unspecified atom stereocenters. The topological polar surface area (TPSA) is 6.25 Å². The molecule has 4 rings (SSSR count). The number of hydrogen-bond donors (Lipinski definition) is 0. The summed E-state index contributed by atoms with van der Waals surface area (Å²) in [5.74, 6) is 0. The molecule has 42 heavy (non-hydrogen) atoms. The van der Waals surface area contributed by atoms with Crippen molar-refractivity contribution in [1.29, 1.82) is 0 Å². The molecule has 0 aromatic heterocycles. The maximum Gasteiger partial charge on any atom is 0.209 e. The highest BCUT2D eigenvalue weighted by atomic mass is 79.9. The number of benzene rings is 2. The average Bonchev–Trinajstić information content (AvgIpc) is 3.38. The van der Waals surface area contributed by atoms with Gasteiger partial charge in [0.2, 0.25) is 5.69 Å². The van der Waals surface area contributed by atoms with Crippen molar-refractivity contribution in [3.8, 4) is 0 Å². The first-order valence-electron chi connectivity index (χ1n) is 16.2. The number of aryl methyl sites for hydroxylation is 2. The minimum Gasteiger partial charge on any atom is -1.00 e. The van der Waals surface area contributed by atoms with Crippen molar-refractivity contribution in [2.75, 3.05) is 18.0 Å². The van der Waals surface area contributed by atoms with Crippen LogP contribution in [0.25, 0.3) is 0 Å². The fourth-order valence-electron chi connectivity index (χ4n) is 7.49. The Morgan fingerprint density at radius 2 is 1.29 bits per heavy atom. The van der Waals surface area contributed by atoms with E-state index in [1.54, 1.807) is 0 Å². The molecule has 0 amide bonds. The Bertz CT molecular complexity index is 1380. The molecule has 0 fully saturated rings. The summed E-state index contributed by atoms with van der Waals surface area (Å²) < 4.78 is 2.57. The molecule has 2 nitrogen and oxygen atoms in total. The van der Waals surface area contributed by atoms with Crippen LogP contribution in [-0.2, 0) is 10.8 Å². The predicted octanol–water partition coefficient (Wildman–Crippen LogP) is 7.41. The minimum absolute atomic E-state index is 0. The Morgan fingerprint density at radius 1 is 0.690 bits per heavy atom. The molecular weight excluding hydrogens is 576 g/mol. The molecule has 2 aromatic carbocycles. The van der Waals surface area contributed by atoms with Crippen LogP contribution in [0, 0.1) is 13.8 Å². The first kappa shape index (κ1) is 33.8. The summed E-state index contributed by atoms with van der Waals surface area (Å²) in [6.45, 7) is 20.5. The van der Waals surface area contributed by atoms with Crippen LogP contribution in [0.2, 0.25) is 0 Å². The first-order valence-corrected chi connectivity index (χ1v) is 16.2. The maximum absolute atomic E-state index is 2.57. The van der Waals surface area contributed by atoms with Gasteiger partial charge in [0.15, 0.2) is 5.71 Å². The van der Waals surface area contributed by atoms with Gasteiger partial charge in [0, 0.05) is 47.5 Å². The molecule has 2 aliphatic heterocycles. The zero-order valence-corrected chi connectivity index (χ0v) is 29.0. The van der Waals surface area contributed by atoms with Gasteiger partial charge in [-0.2, -0.15) is 4.58 Å². The highest BCUT2D eigenvalue weighted by molar-refractivity contribution is 6.03. The number of hydrogen-bond acceptors (Lipinski definition) is 1. The second-order valence-electron chi connectivity index (χ2n) is 12.0. The normalized spacial score (nSPS) is 18.1. The molecule has 3 heteroatoms. The molecule has 0 bridgehead atoms. The van der Waals surface area contributed by atoms with E-state index in [4.69, 9.17) is 0 Å². The number of fused-ring (bicyclic) bond motifs is 2. The molecule has 0 spiro atoms. The van der Waals surface area contributed by atoms with Gasteiger partial charge in [-0.15, -0.1) is 0 Å². The van der Waals surface area contributed by atoms with Crippen molar-refractivity contribution in [2.24, 2.45) is 0 Å². The van der Waals surface area contributed by atoms with Crippen LogP contribution >= 0.6 is 0 Å². The largest absolute Gasteiger partial charge is 1.00 e. The molecule has 2 aliphatic rings. The number of allylic oxidation sites excluding steroid dienone is 8. The van der Waals surface area contributed by atoms with Crippen LogP contribution in [0.3, 0.4) is 0 Å². The van der Waals surface area contributed by atoms with Crippen LogP contribution in [0.5, 0.6) is 0 Å². The van der Waals surface area contributed by atoms with E-state index in [2.05, 4.69) is 144 Å². The first-order chi connectivity index (χ1) is 19.9. The molecule has 0 aliphatic carbocycles. The molecule has 0 radical (unpaired) electrons. The van der Waals surface area contributed by atoms with Gasteiger partial charge in [-0.1, -0.05) is 101 Å². The van der Waals surface area contributed by atoms with Gasteiger partial charge in [0.25, 0.3) is 0 Å². The van der Waals surface area contributed by atoms with Crippen LogP contribution in [-0.4, -0.2) is 23.4 Å². The number of rotatable bonds is 12. The lowest BCUT2D eigenvalue weighted by molar-refractivity contribution is -0.437. The van der Waals surface area contributed by atoms with Crippen molar-refractivity contribution in [2.45, 2.75) is 105 Å². The lowest BCUT2D eigenvalue weighted by atomic mass is 9.73. The summed E-state index contributed by atoms with van der Waals surface area (Å²) in [4.78, 5) is 2.57. The van der Waals surface area contributed by atoms with E-state index in [1.807, 2.05) is 0 Å². The van der Waals surface area contributed by atoms with Crippen molar-refractivity contribution < 1.29 is 21.6 Å².